The van der Waals surface area contributed by atoms with Gasteiger partial charge >= 0.3 is 0 Å². The van der Waals surface area contributed by atoms with Crippen molar-refractivity contribution in [2.24, 2.45) is 4.99 Å². The third kappa shape index (κ3) is 7.04. The van der Waals surface area contributed by atoms with Gasteiger partial charge in [0.05, 0.1) is 6.54 Å². The Morgan fingerprint density at radius 1 is 1.00 bits per heavy atom. The summed E-state index contributed by atoms with van der Waals surface area (Å²) in [5.41, 5.74) is 3.85. The highest BCUT2D eigenvalue weighted by molar-refractivity contribution is 5.79. The summed E-state index contributed by atoms with van der Waals surface area (Å²) in [5, 5.41) is 11.2. The van der Waals surface area contributed by atoms with Crippen LogP contribution in [0.3, 0.4) is 0 Å². The molecule has 30 heavy (non-hydrogen) atoms. The number of hydrogen-bond acceptors (Lipinski definition) is 3. The molecule has 0 spiro atoms. The van der Waals surface area contributed by atoms with E-state index < -0.39 is 0 Å². The van der Waals surface area contributed by atoms with E-state index in [1.54, 1.807) is 0 Å². The Kier molecular flexibility index (Phi) is 8.47. The van der Waals surface area contributed by atoms with Crippen LogP contribution in [0.15, 0.2) is 78.0 Å². The summed E-state index contributed by atoms with van der Waals surface area (Å²) in [6.07, 6.45) is 4.85. The van der Waals surface area contributed by atoms with Crippen molar-refractivity contribution in [3.8, 4) is 0 Å². The molecule has 0 amide bonds. The summed E-state index contributed by atoms with van der Waals surface area (Å²) in [7, 11) is 3.98. The largest absolute Gasteiger partial charge is 0.356 e. The molecule has 0 radical (unpaired) electrons. The molecule has 0 fully saturated rings. The second-order valence-electron chi connectivity index (χ2n) is 7.40. The number of aliphatic imine (C=N–C) groups is 1. The molecule has 1 heterocycles. The molecular weight excluding hydrogens is 372 g/mol. The number of nitrogens with one attached hydrogen (secondary N) is 2. The quantitative estimate of drug-likeness (QED) is 0.310. The number of aromatic nitrogens is 2. The van der Waals surface area contributed by atoms with Crippen LogP contribution in [0, 0.1) is 0 Å². The fraction of sp³-hybridized carbons (Fsp3) is 0.333. The van der Waals surface area contributed by atoms with Gasteiger partial charge in [-0.2, -0.15) is 5.10 Å². The summed E-state index contributed by atoms with van der Waals surface area (Å²) in [6, 6.07) is 21.0. The monoisotopic (exact) mass is 404 g/mol. The van der Waals surface area contributed by atoms with Crippen molar-refractivity contribution in [2.75, 3.05) is 27.2 Å². The molecule has 6 nitrogen and oxygen atoms in total. The second-order valence-corrected chi connectivity index (χ2v) is 7.40. The maximum absolute atomic E-state index is 4.36. The van der Waals surface area contributed by atoms with Crippen molar-refractivity contribution in [3.05, 3.63) is 89.7 Å². The smallest absolute Gasteiger partial charge is 0.191 e. The lowest BCUT2D eigenvalue weighted by atomic mass is 10.1. The van der Waals surface area contributed by atoms with Crippen LogP contribution in [-0.2, 0) is 19.6 Å². The van der Waals surface area contributed by atoms with Crippen LogP contribution in [0.4, 0.5) is 0 Å². The third-order valence-corrected chi connectivity index (χ3v) is 4.98. The van der Waals surface area contributed by atoms with Gasteiger partial charge in [0.25, 0.3) is 0 Å². The molecule has 0 aliphatic rings. The van der Waals surface area contributed by atoms with Gasteiger partial charge in [0, 0.05) is 39.1 Å². The molecule has 0 saturated heterocycles. The lowest BCUT2D eigenvalue weighted by molar-refractivity contribution is 0.322. The number of guanidine groups is 1. The molecule has 0 atom stereocenters. The predicted molar refractivity (Wildman–Crippen MR) is 123 cm³/mol. The minimum absolute atomic E-state index is 0.727. The Balaban J connectivity index is 1.40. The van der Waals surface area contributed by atoms with Gasteiger partial charge in [-0.05, 0) is 42.8 Å². The maximum Gasteiger partial charge on any atom is 0.191 e. The molecule has 0 aliphatic carbocycles. The van der Waals surface area contributed by atoms with Crippen molar-refractivity contribution in [1.82, 2.24) is 25.3 Å². The number of rotatable bonds is 10. The fourth-order valence-corrected chi connectivity index (χ4v) is 3.38. The van der Waals surface area contributed by atoms with Gasteiger partial charge in [0.2, 0.25) is 0 Å². The van der Waals surface area contributed by atoms with E-state index in [1.807, 2.05) is 30.2 Å². The first kappa shape index (κ1) is 21.6. The number of nitrogens with zero attached hydrogens (tertiary/aromatic N) is 4. The summed E-state index contributed by atoms with van der Waals surface area (Å²) in [4.78, 5) is 6.70. The highest BCUT2D eigenvalue weighted by Gasteiger charge is 2.05. The van der Waals surface area contributed by atoms with Gasteiger partial charge in [0.15, 0.2) is 5.96 Å². The van der Waals surface area contributed by atoms with Crippen LogP contribution in [0.5, 0.6) is 0 Å². The van der Waals surface area contributed by atoms with Gasteiger partial charge in [-0.1, -0.05) is 54.6 Å². The van der Waals surface area contributed by atoms with Crippen molar-refractivity contribution in [1.29, 1.82) is 0 Å². The Morgan fingerprint density at radius 3 is 2.50 bits per heavy atom. The zero-order chi connectivity index (χ0) is 21.0. The molecule has 2 N–H and O–H groups in total. The molecule has 0 bridgehead atoms. The molecule has 3 rings (SSSR count). The molecule has 0 saturated carbocycles. The maximum atomic E-state index is 4.36. The molecule has 2 aromatic carbocycles. The van der Waals surface area contributed by atoms with E-state index in [1.165, 1.54) is 16.7 Å². The topological polar surface area (TPSA) is 57.5 Å². The zero-order valence-corrected chi connectivity index (χ0v) is 18.0. The SMILES string of the molecule is CN=C(NCCCN(C)Cc1ccccc1)NCc1ccccc1Cn1cccn1. The Morgan fingerprint density at radius 2 is 1.77 bits per heavy atom. The van der Waals surface area contributed by atoms with Crippen LogP contribution < -0.4 is 10.6 Å². The number of hydrogen-bond donors (Lipinski definition) is 2. The zero-order valence-electron chi connectivity index (χ0n) is 18.0. The molecule has 158 valence electrons. The summed E-state index contributed by atoms with van der Waals surface area (Å²) < 4.78 is 1.94. The van der Waals surface area contributed by atoms with Crippen molar-refractivity contribution in [3.63, 3.8) is 0 Å². The Labute approximate surface area is 179 Å². The molecule has 0 unspecified atom stereocenters. The first-order valence-electron chi connectivity index (χ1n) is 10.5. The van der Waals surface area contributed by atoms with E-state index in [0.717, 1.165) is 45.1 Å². The molecular formula is C24H32N6. The van der Waals surface area contributed by atoms with Crippen molar-refractivity contribution < 1.29 is 0 Å². The van der Waals surface area contributed by atoms with E-state index in [-0.39, 0.29) is 0 Å². The lowest BCUT2D eigenvalue weighted by Crippen LogP contribution is -2.38. The summed E-state index contributed by atoms with van der Waals surface area (Å²) >= 11 is 0. The van der Waals surface area contributed by atoms with Crippen molar-refractivity contribution >= 4 is 5.96 Å². The first-order valence-corrected chi connectivity index (χ1v) is 10.5. The van der Waals surface area contributed by atoms with Gasteiger partial charge < -0.3 is 15.5 Å². The lowest BCUT2D eigenvalue weighted by Gasteiger charge is -2.18. The van der Waals surface area contributed by atoms with Crippen LogP contribution in [0.1, 0.15) is 23.1 Å². The van der Waals surface area contributed by atoms with Crippen LogP contribution in [0.2, 0.25) is 0 Å². The molecule has 6 heteroatoms. The molecule has 1 aromatic heterocycles. The van der Waals surface area contributed by atoms with E-state index in [2.05, 4.69) is 87.3 Å². The van der Waals surface area contributed by atoms with E-state index in [4.69, 9.17) is 0 Å². The van der Waals surface area contributed by atoms with Gasteiger partial charge in [-0.15, -0.1) is 0 Å². The third-order valence-electron chi connectivity index (χ3n) is 4.98. The van der Waals surface area contributed by atoms with Gasteiger partial charge in [-0.3, -0.25) is 9.67 Å². The summed E-state index contributed by atoms with van der Waals surface area (Å²) in [6.45, 7) is 4.38. The van der Waals surface area contributed by atoms with Crippen molar-refractivity contribution in [2.45, 2.75) is 26.1 Å². The molecule has 0 aliphatic heterocycles. The minimum atomic E-state index is 0.727. The van der Waals surface area contributed by atoms with E-state index in [9.17, 15) is 0 Å². The Bertz CT molecular complexity index is 889. The van der Waals surface area contributed by atoms with Crippen LogP contribution in [0.25, 0.3) is 0 Å². The van der Waals surface area contributed by atoms with Gasteiger partial charge in [-0.25, -0.2) is 0 Å². The Hall–Kier alpha value is -3.12. The second kappa shape index (κ2) is 11.8. The highest BCUT2D eigenvalue weighted by Crippen LogP contribution is 2.10. The number of benzene rings is 2. The minimum Gasteiger partial charge on any atom is -0.356 e. The fourth-order valence-electron chi connectivity index (χ4n) is 3.38. The van der Waals surface area contributed by atoms with E-state index in [0.29, 0.717) is 0 Å². The highest BCUT2D eigenvalue weighted by atomic mass is 15.3. The summed E-state index contributed by atoms with van der Waals surface area (Å²) in [5.74, 6) is 0.828. The standard InChI is InChI=1S/C24H32N6/c1-25-24(26-14-8-16-29(2)19-21-10-4-3-5-11-21)27-18-22-12-6-7-13-23(22)20-30-17-9-15-28-30/h3-7,9-13,15,17H,8,14,16,18-20H2,1-2H3,(H2,25,26,27). The molecule has 3 aromatic rings. The van der Waals surface area contributed by atoms with E-state index >= 15 is 0 Å². The average Bonchev–Trinajstić information content (AvgIpc) is 3.28. The van der Waals surface area contributed by atoms with Crippen LogP contribution >= 0.6 is 0 Å². The average molecular weight is 405 g/mol. The van der Waals surface area contributed by atoms with Crippen LogP contribution in [-0.4, -0.2) is 47.8 Å². The predicted octanol–water partition coefficient (Wildman–Crippen LogP) is 3.12. The first-order chi connectivity index (χ1) is 14.7. The normalized spacial score (nSPS) is 11.6. The van der Waals surface area contributed by atoms with Gasteiger partial charge in [0.1, 0.15) is 0 Å².